The Morgan fingerprint density at radius 3 is 2.34 bits per heavy atom. The number of phenols is 2. The van der Waals surface area contributed by atoms with Crippen molar-refractivity contribution in [3.8, 4) is 22.8 Å². The molecule has 0 spiro atoms. The highest BCUT2D eigenvalue weighted by molar-refractivity contribution is 5.93. The van der Waals surface area contributed by atoms with E-state index in [4.69, 9.17) is 0 Å². The van der Waals surface area contributed by atoms with Crippen molar-refractivity contribution >= 4 is 22.9 Å². The zero-order chi connectivity index (χ0) is 24.4. The number of aromatic hydroxyl groups is 2. The molecule has 1 aliphatic rings. The van der Waals surface area contributed by atoms with Gasteiger partial charge in [-0.1, -0.05) is 24.3 Å². The van der Waals surface area contributed by atoms with Gasteiger partial charge in [-0.25, -0.2) is 5.01 Å². The number of phenolic OH excluding ortho intramolecular Hbond substituents is 2. The van der Waals surface area contributed by atoms with Crippen molar-refractivity contribution in [2.24, 2.45) is 0 Å². The van der Waals surface area contributed by atoms with Gasteiger partial charge in [-0.2, -0.15) is 0 Å². The predicted molar refractivity (Wildman–Crippen MR) is 139 cm³/mol. The Morgan fingerprint density at radius 2 is 1.63 bits per heavy atom. The third-order valence-corrected chi connectivity index (χ3v) is 6.56. The molecule has 0 atom stereocenters. The fourth-order valence-electron chi connectivity index (χ4n) is 4.78. The summed E-state index contributed by atoms with van der Waals surface area (Å²) < 4.78 is 2.24. The minimum absolute atomic E-state index is 0.105. The number of aryl methyl sites for hydroxylation is 1. The van der Waals surface area contributed by atoms with Crippen LogP contribution in [0.2, 0.25) is 0 Å². The summed E-state index contributed by atoms with van der Waals surface area (Å²) in [5.41, 5.74) is 9.15. The lowest BCUT2D eigenvalue weighted by Gasteiger charge is -2.14. The van der Waals surface area contributed by atoms with Gasteiger partial charge in [0, 0.05) is 36.6 Å². The lowest BCUT2D eigenvalue weighted by atomic mass is 10.1. The summed E-state index contributed by atoms with van der Waals surface area (Å²) in [5.74, 6) is 0.358. The molecule has 1 amide bonds. The molecule has 0 saturated carbocycles. The molecule has 0 unspecified atom stereocenters. The third-order valence-electron chi connectivity index (χ3n) is 6.56. The van der Waals surface area contributed by atoms with Crippen molar-refractivity contribution < 1.29 is 15.0 Å². The van der Waals surface area contributed by atoms with Gasteiger partial charge in [0.1, 0.15) is 11.5 Å². The van der Waals surface area contributed by atoms with Crippen LogP contribution in [0.4, 0.5) is 0 Å². The lowest BCUT2D eigenvalue weighted by molar-refractivity contribution is -0.120. The van der Waals surface area contributed by atoms with Gasteiger partial charge in [0.05, 0.1) is 5.69 Å². The average Bonchev–Trinajstić information content (AvgIpc) is 3.45. The van der Waals surface area contributed by atoms with Gasteiger partial charge in [-0.3, -0.25) is 10.2 Å². The van der Waals surface area contributed by atoms with Crippen LogP contribution in [0.1, 0.15) is 29.5 Å². The fourth-order valence-corrected chi connectivity index (χ4v) is 4.78. The van der Waals surface area contributed by atoms with Crippen molar-refractivity contribution in [3.05, 3.63) is 89.5 Å². The quantitative estimate of drug-likeness (QED) is 0.340. The van der Waals surface area contributed by atoms with E-state index >= 15 is 0 Å². The number of benzene rings is 3. The Labute approximate surface area is 204 Å². The number of fused-ring (bicyclic) bond motifs is 1. The number of carbonyl (C=O) groups excluding carboxylic acids is 1. The van der Waals surface area contributed by atoms with E-state index in [1.165, 1.54) is 0 Å². The van der Waals surface area contributed by atoms with E-state index in [1.807, 2.05) is 41.4 Å². The van der Waals surface area contributed by atoms with Crippen LogP contribution in [-0.4, -0.2) is 38.8 Å². The topological polar surface area (TPSA) is 77.7 Å². The number of aromatic nitrogens is 1. The number of carbonyl (C=O) groups is 1. The summed E-state index contributed by atoms with van der Waals surface area (Å²) in [6, 6.07) is 20.8. The summed E-state index contributed by atoms with van der Waals surface area (Å²) in [4.78, 5) is 12.1. The molecule has 6 heteroatoms. The largest absolute Gasteiger partial charge is 0.508 e. The van der Waals surface area contributed by atoms with Gasteiger partial charge < -0.3 is 14.8 Å². The first-order valence-electron chi connectivity index (χ1n) is 11.9. The molecule has 2 heterocycles. The van der Waals surface area contributed by atoms with Crippen LogP contribution in [-0.2, 0) is 11.3 Å². The minimum Gasteiger partial charge on any atom is -0.508 e. The summed E-state index contributed by atoms with van der Waals surface area (Å²) in [5, 5.41) is 22.8. The third kappa shape index (κ3) is 4.93. The molecule has 1 fully saturated rings. The number of hydrogen-bond donors (Lipinski definition) is 3. The Balaban J connectivity index is 1.41. The SMILES string of the molecule is Cc1c(-c2ccc(O)cc2)n(Cc2ccc(/C=C/C(=O)NN3CCCC3)cc2)c2ccc(O)cc12. The molecule has 0 bridgehead atoms. The molecule has 35 heavy (non-hydrogen) atoms. The van der Waals surface area contributed by atoms with Gasteiger partial charge in [-0.05, 0) is 90.6 Å². The number of hydrazine groups is 1. The maximum atomic E-state index is 12.1. The molecule has 1 saturated heterocycles. The van der Waals surface area contributed by atoms with Crippen LogP contribution in [0.3, 0.4) is 0 Å². The molecule has 6 nitrogen and oxygen atoms in total. The second-order valence-electron chi connectivity index (χ2n) is 9.05. The maximum absolute atomic E-state index is 12.1. The lowest BCUT2D eigenvalue weighted by Crippen LogP contribution is -2.38. The van der Waals surface area contributed by atoms with Crippen molar-refractivity contribution in [2.45, 2.75) is 26.3 Å². The number of nitrogens with zero attached hydrogens (tertiary/aromatic N) is 2. The Bertz CT molecular complexity index is 1380. The molecule has 4 aromatic rings. The van der Waals surface area contributed by atoms with Gasteiger partial charge in [-0.15, -0.1) is 0 Å². The number of nitrogens with one attached hydrogen (secondary N) is 1. The predicted octanol–water partition coefficient (Wildman–Crippen LogP) is 5.22. The van der Waals surface area contributed by atoms with E-state index < -0.39 is 0 Å². The van der Waals surface area contributed by atoms with E-state index in [2.05, 4.69) is 29.0 Å². The molecular weight excluding hydrogens is 438 g/mol. The first-order chi connectivity index (χ1) is 17.0. The first kappa shape index (κ1) is 22.7. The first-order valence-corrected chi connectivity index (χ1v) is 11.9. The van der Waals surface area contributed by atoms with Crippen LogP contribution in [0.15, 0.2) is 72.8 Å². The van der Waals surface area contributed by atoms with E-state index in [1.54, 1.807) is 30.3 Å². The second kappa shape index (κ2) is 9.68. The smallest absolute Gasteiger partial charge is 0.258 e. The molecule has 3 N–H and O–H groups in total. The highest BCUT2D eigenvalue weighted by atomic mass is 16.3. The molecular formula is C29H29N3O3. The van der Waals surface area contributed by atoms with Crippen LogP contribution in [0.25, 0.3) is 28.2 Å². The monoisotopic (exact) mass is 467 g/mol. The van der Waals surface area contributed by atoms with Crippen molar-refractivity contribution in [1.82, 2.24) is 15.0 Å². The van der Waals surface area contributed by atoms with E-state index in [9.17, 15) is 15.0 Å². The van der Waals surface area contributed by atoms with Gasteiger partial charge in [0.15, 0.2) is 0 Å². The van der Waals surface area contributed by atoms with E-state index in [0.29, 0.717) is 6.54 Å². The Hall–Kier alpha value is -4.03. The van der Waals surface area contributed by atoms with Gasteiger partial charge in [0.2, 0.25) is 0 Å². The molecule has 3 aromatic carbocycles. The molecule has 1 aliphatic heterocycles. The highest BCUT2D eigenvalue weighted by Crippen LogP contribution is 2.36. The summed E-state index contributed by atoms with van der Waals surface area (Å²) in [6.07, 6.45) is 5.65. The van der Waals surface area contributed by atoms with Crippen molar-refractivity contribution in [1.29, 1.82) is 0 Å². The van der Waals surface area contributed by atoms with Crippen LogP contribution in [0, 0.1) is 6.92 Å². The van der Waals surface area contributed by atoms with Crippen molar-refractivity contribution in [3.63, 3.8) is 0 Å². The summed E-state index contributed by atoms with van der Waals surface area (Å²) >= 11 is 0. The number of amides is 1. The molecule has 0 aliphatic carbocycles. The zero-order valence-electron chi connectivity index (χ0n) is 19.7. The Morgan fingerprint density at radius 1 is 0.943 bits per heavy atom. The molecule has 5 rings (SSSR count). The minimum atomic E-state index is -0.105. The Kier molecular flexibility index (Phi) is 6.29. The number of rotatable bonds is 6. The molecule has 1 aromatic heterocycles. The second-order valence-corrected chi connectivity index (χ2v) is 9.05. The summed E-state index contributed by atoms with van der Waals surface area (Å²) in [7, 11) is 0. The number of hydrogen-bond acceptors (Lipinski definition) is 4. The molecule has 178 valence electrons. The normalized spacial score (nSPS) is 14.2. The standard InChI is InChI=1S/C29H29N3O3/c1-20-26-18-25(34)13-14-27(26)32(29(20)23-9-11-24(33)12-10-23)19-22-6-4-21(5-7-22)8-15-28(35)30-31-16-2-3-17-31/h4-15,18,33-34H,2-3,16-17,19H2,1H3,(H,30,35)/b15-8+. The maximum Gasteiger partial charge on any atom is 0.258 e. The average molecular weight is 468 g/mol. The molecule has 0 radical (unpaired) electrons. The highest BCUT2D eigenvalue weighted by Gasteiger charge is 2.17. The van der Waals surface area contributed by atoms with E-state index in [0.717, 1.165) is 64.8 Å². The summed E-state index contributed by atoms with van der Waals surface area (Å²) in [6.45, 7) is 4.52. The van der Waals surface area contributed by atoms with Crippen LogP contribution >= 0.6 is 0 Å². The van der Waals surface area contributed by atoms with E-state index in [-0.39, 0.29) is 17.4 Å². The van der Waals surface area contributed by atoms with Crippen LogP contribution in [0.5, 0.6) is 11.5 Å². The fraction of sp³-hybridized carbons (Fsp3) is 0.207. The zero-order valence-corrected chi connectivity index (χ0v) is 19.7. The van der Waals surface area contributed by atoms with Crippen molar-refractivity contribution in [2.75, 3.05) is 13.1 Å². The van der Waals surface area contributed by atoms with Crippen LogP contribution < -0.4 is 5.43 Å². The van der Waals surface area contributed by atoms with Gasteiger partial charge >= 0.3 is 0 Å². The van der Waals surface area contributed by atoms with Gasteiger partial charge in [0.25, 0.3) is 5.91 Å².